The number of dihydropyridines is 1. The van der Waals surface area contributed by atoms with E-state index in [1.54, 1.807) is 6.20 Å². The predicted octanol–water partition coefficient (Wildman–Crippen LogP) is 2.86. The zero-order valence-corrected chi connectivity index (χ0v) is 14.5. The molecular formula is C19H22N2O3. The van der Waals surface area contributed by atoms with Crippen LogP contribution in [0.3, 0.4) is 0 Å². The van der Waals surface area contributed by atoms with Crippen molar-refractivity contribution in [3.63, 3.8) is 0 Å². The number of nitrogens with one attached hydrogen (secondary N) is 1. The lowest BCUT2D eigenvalue weighted by Crippen LogP contribution is -2.40. The minimum Gasteiger partial charge on any atom is -0.466 e. The van der Waals surface area contributed by atoms with E-state index in [1.165, 1.54) is 7.11 Å². The first kappa shape index (κ1) is 16.4. The van der Waals surface area contributed by atoms with Crippen molar-refractivity contribution >= 4 is 11.8 Å². The van der Waals surface area contributed by atoms with E-state index in [9.17, 15) is 9.59 Å². The smallest absolute Gasteiger partial charge is 0.336 e. The van der Waals surface area contributed by atoms with Gasteiger partial charge in [0.15, 0.2) is 5.78 Å². The summed E-state index contributed by atoms with van der Waals surface area (Å²) in [5.74, 6) is -0.846. The molecule has 0 bridgehead atoms. The third kappa shape index (κ3) is 2.54. The summed E-state index contributed by atoms with van der Waals surface area (Å²) < 4.78 is 4.98. The van der Waals surface area contributed by atoms with Gasteiger partial charge < -0.3 is 10.1 Å². The van der Waals surface area contributed by atoms with E-state index in [2.05, 4.69) is 10.3 Å². The van der Waals surface area contributed by atoms with Gasteiger partial charge in [-0.1, -0.05) is 19.9 Å². The van der Waals surface area contributed by atoms with Gasteiger partial charge in [0.1, 0.15) is 0 Å². The zero-order valence-electron chi connectivity index (χ0n) is 14.5. The van der Waals surface area contributed by atoms with E-state index < -0.39 is 17.3 Å². The van der Waals surface area contributed by atoms with Gasteiger partial charge in [0.25, 0.3) is 0 Å². The summed E-state index contributed by atoms with van der Waals surface area (Å²) in [6.45, 7) is 5.76. The van der Waals surface area contributed by atoms with Crippen LogP contribution in [0.4, 0.5) is 0 Å². The fourth-order valence-corrected chi connectivity index (χ4v) is 3.50. The molecule has 1 aromatic heterocycles. The molecule has 24 heavy (non-hydrogen) atoms. The van der Waals surface area contributed by atoms with Crippen LogP contribution in [0.15, 0.2) is 46.9 Å². The third-order valence-corrected chi connectivity index (χ3v) is 4.89. The molecule has 5 nitrogen and oxygen atoms in total. The molecule has 1 unspecified atom stereocenters. The van der Waals surface area contributed by atoms with Gasteiger partial charge in [0.2, 0.25) is 0 Å². The number of aromatic nitrogens is 1. The van der Waals surface area contributed by atoms with Crippen molar-refractivity contribution in [1.29, 1.82) is 0 Å². The first-order chi connectivity index (χ1) is 11.4. The first-order valence-corrected chi connectivity index (χ1v) is 8.11. The zero-order chi connectivity index (χ0) is 17.5. The Hall–Kier alpha value is -2.43. The minimum atomic E-state index is -0.484. The quantitative estimate of drug-likeness (QED) is 0.847. The molecule has 0 saturated heterocycles. The first-order valence-electron chi connectivity index (χ1n) is 8.11. The Morgan fingerprint density at radius 3 is 2.75 bits per heavy atom. The minimum absolute atomic E-state index is 0.0702. The SMILES string of the molecule is COC(=O)C1=C(C)NC2=C(C(=O)C(C)(C)CC2)C1c1ccccn1. The van der Waals surface area contributed by atoms with Gasteiger partial charge in [-0.3, -0.25) is 9.78 Å². The van der Waals surface area contributed by atoms with Crippen molar-refractivity contribution in [1.82, 2.24) is 10.3 Å². The molecule has 1 aliphatic carbocycles. The van der Waals surface area contributed by atoms with Crippen LogP contribution in [0.25, 0.3) is 0 Å². The van der Waals surface area contributed by atoms with Gasteiger partial charge in [0.05, 0.1) is 24.3 Å². The Labute approximate surface area is 141 Å². The van der Waals surface area contributed by atoms with Crippen molar-refractivity contribution in [3.05, 3.63) is 52.6 Å². The van der Waals surface area contributed by atoms with E-state index in [1.807, 2.05) is 39.0 Å². The fourth-order valence-electron chi connectivity index (χ4n) is 3.50. The summed E-state index contributed by atoms with van der Waals surface area (Å²) in [6, 6.07) is 5.54. The molecule has 0 saturated carbocycles. The number of carbonyl (C=O) groups excluding carboxylic acids is 2. The number of nitrogens with zero attached hydrogens (tertiary/aromatic N) is 1. The summed E-state index contributed by atoms with van der Waals surface area (Å²) in [6.07, 6.45) is 3.25. The van der Waals surface area contributed by atoms with Crippen molar-refractivity contribution in [2.45, 2.75) is 39.5 Å². The Morgan fingerprint density at radius 2 is 2.12 bits per heavy atom. The number of Topliss-reactive ketones (excluding diaryl/α,β-unsaturated/α-hetero) is 1. The second-order valence-corrected chi connectivity index (χ2v) is 6.95. The number of ether oxygens (including phenoxy) is 1. The summed E-state index contributed by atoms with van der Waals surface area (Å²) in [5.41, 5.74) is 2.98. The number of rotatable bonds is 2. The van der Waals surface area contributed by atoms with Crippen LogP contribution in [-0.2, 0) is 14.3 Å². The Kier molecular flexibility index (Phi) is 4.03. The molecule has 1 N–H and O–H groups in total. The second kappa shape index (κ2) is 5.89. The number of methoxy groups -OCH3 is 1. The maximum absolute atomic E-state index is 13.1. The molecule has 0 fully saturated rings. The van der Waals surface area contributed by atoms with Gasteiger partial charge in [-0.2, -0.15) is 0 Å². The average molecular weight is 326 g/mol. The highest BCUT2D eigenvalue weighted by Gasteiger charge is 2.45. The van der Waals surface area contributed by atoms with Gasteiger partial charge in [0, 0.05) is 28.6 Å². The molecular weight excluding hydrogens is 304 g/mol. The highest BCUT2D eigenvalue weighted by atomic mass is 16.5. The molecule has 2 heterocycles. The highest BCUT2D eigenvalue weighted by molar-refractivity contribution is 6.06. The molecule has 126 valence electrons. The number of ketones is 1. The lowest BCUT2D eigenvalue weighted by Gasteiger charge is -2.39. The van der Waals surface area contributed by atoms with Crippen LogP contribution in [-0.4, -0.2) is 23.8 Å². The number of carbonyl (C=O) groups is 2. The fraction of sp³-hybridized carbons (Fsp3) is 0.421. The molecule has 0 spiro atoms. The average Bonchev–Trinajstić information content (AvgIpc) is 2.57. The molecule has 1 atom stereocenters. The Bertz CT molecular complexity index is 760. The van der Waals surface area contributed by atoms with E-state index in [-0.39, 0.29) is 5.78 Å². The van der Waals surface area contributed by atoms with Gasteiger partial charge >= 0.3 is 5.97 Å². The summed E-state index contributed by atoms with van der Waals surface area (Å²) in [4.78, 5) is 30.0. The standard InChI is InChI=1S/C19H22N2O3/c1-11-14(18(23)24-4)15(12-7-5-6-10-20-12)16-13(21-11)8-9-19(2,3)17(16)22/h5-7,10,15,21H,8-9H2,1-4H3. The maximum atomic E-state index is 13.1. The molecule has 0 amide bonds. The Balaban J connectivity index is 2.21. The van der Waals surface area contributed by atoms with E-state index >= 15 is 0 Å². The number of esters is 1. The van der Waals surface area contributed by atoms with Crippen molar-refractivity contribution in [2.75, 3.05) is 7.11 Å². The summed E-state index contributed by atoms with van der Waals surface area (Å²) >= 11 is 0. The monoisotopic (exact) mass is 326 g/mol. The van der Waals surface area contributed by atoms with Crippen molar-refractivity contribution < 1.29 is 14.3 Å². The van der Waals surface area contributed by atoms with Crippen molar-refractivity contribution in [3.8, 4) is 0 Å². The molecule has 1 aromatic rings. The van der Waals surface area contributed by atoms with Crippen LogP contribution in [0.5, 0.6) is 0 Å². The van der Waals surface area contributed by atoms with E-state index in [0.29, 0.717) is 16.8 Å². The van der Waals surface area contributed by atoms with Gasteiger partial charge in [-0.15, -0.1) is 0 Å². The van der Waals surface area contributed by atoms with E-state index in [0.717, 1.165) is 24.2 Å². The van der Waals surface area contributed by atoms with Crippen LogP contribution >= 0.6 is 0 Å². The second-order valence-electron chi connectivity index (χ2n) is 6.95. The number of hydrogen-bond acceptors (Lipinski definition) is 5. The molecule has 0 aromatic carbocycles. The van der Waals surface area contributed by atoms with Gasteiger partial charge in [-0.25, -0.2) is 4.79 Å². The topological polar surface area (TPSA) is 68.3 Å². The number of pyridine rings is 1. The highest BCUT2D eigenvalue weighted by Crippen LogP contribution is 2.46. The largest absolute Gasteiger partial charge is 0.466 e. The maximum Gasteiger partial charge on any atom is 0.336 e. The van der Waals surface area contributed by atoms with Crippen molar-refractivity contribution in [2.24, 2.45) is 5.41 Å². The lowest BCUT2D eigenvalue weighted by molar-refractivity contribution is -0.136. The predicted molar refractivity (Wildman–Crippen MR) is 89.9 cm³/mol. The van der Waals surface area contributed by atoms with Gasteiger partial charge in [-0.05, 0) is 31.9 Å². The lowest BCUT2D eigenvalue weighted by atomic mass is 9.68. The van der Waals surface area contributed by atoms with E-state index in [4.69, 9.17) is 4.74 Å². The molecule has 1 aliphatic heterocycles. The molecule has 3 rings (SSSR count). The normalized spacial score (nSPS) is 22.8. The van der Waals surface area contributed by atoms with Crippen LogP contribution in [0, 0.1) is 5.41 Å². The van der Waals surface area contributed by atoms with Crippen LogP contribution in [0.1, 0.15) is 45.2 Å². The molecule has 5 heteroatoms. The van der Waals surface area contributed by atoms with Crippen LogP contribution in [0.2, 0.25) is 0 Å². The third-order valence-electron chi connectivity index (χ3n) is 4.89. The summed E-state index contributed by atoms with van der Waals surface area (Å²) in [7, 11) is 1.36. The Morgan fingerprint density at radius 1 is 1.38 bits per heavy atom. The van der Waals surface area contributed by atoms with Crippen LogP contribution < -0.4 is 5.32 Å². The number of hydrogen-bond donors (Lipinski definition) is 1. The molecule has 0 radical (unpaired) electrons. The summed E-state index contributed by atoms with van der Waals surface area (Å²) in [5, 5.41) is 3.26. The number of allylic oxidation sites excluding steroid dienone is 3. The molecule has 2 aliphatic rings.